The van der Waals surface area contributed by atoms with Crippen molar-refractivity contribution >= 4 is 21.6 Å². The van der Waals surface area contributed by atoms with Crippen LogP contribution < -0.4 is 14.8 Å². The Hall–Kier alpha value is -3.23. The number of rotatable bonds is 7. The van der Waals surface area contributed by atoms with Crippen molar-refractivity contribution in [1.82, 2.24) is 4.72 Å². The van der Waals surface area contributed by atoms with Gasteiger partial charge in [0.15, 0.2) is 0 Å². The molecule has 28 heavy (non-hydrogen) atoms. The van der Waals surface area contributed by atoms with Crippen molar-refractivity contribution in [3.05, 3.63) is 84.7 Å². The van der Waals surface area contributed by atoms with Gasteiger partial charge in [-0.05, 0) is 60.7 Å². The molecule has 6 nitrogen and oxygen atoms in total. The van der Waals surface area contributed by atoms with Gasteiger partial charge < -0.3 is 10.1 Å². The van der Waals surface area contributed by atoms with Gasteiger partial charge in [0.2, 0.25) is 15.9 Å². The lowest BCUT2D eigenvalue weighted by molar-refractivity contribution is -0.115. The van der Waals surface area contributed by atoms with Crippen LogP contribution in [0.25, 0.3) is 0 Å². The van der Waals surface area contributed by atoms with Crippen LogP contribution in [0.15, 0.2) is 83.8 Å². The average Bonchev–Trinajstić information content (AvgIpc) is 2.69. The molecular weight excluding hydrogens is 383 g/mol. The van der Waals surface area contributed by atoms with Crippen LogP contribution in [0, 0.1) is 5.82 Å². The highest BCUT2D eigenvalue weighted by Crippen LogP contribution is 2.22. The molecule has 0 unspecified atom stereocenters. The van der Waals surface area contributed by atoms with Gasteiger partial charge in [0.05, 0.1) is 11.4 Å². The minimum atomic E-state index is -3.90. The number of sulfonamides is 1. The molecule has 3 rings (SSSR count). The number of nitrogens with one attached hydrogen (secondary N) is 2. The van der Waals surface area contributed by atoms with Crippen LogP contribution in [0.1, 0.15) is 0 Å². The van der Waals surface area contributed by atoms with Crippen LogP contribution in [0.4, 0.5) is 10.1 Å². The first kappa shape index (κ1) is 19.5. The molecule has 0 radical (unpaired) electrons. The van der Waals surface area contributed by atoms with E-state index in [9.17, 15) is 17.6 Å². The summed E-state index contributed by atoms with van der Waals surface area (Å²) in [5.41, 5.74) is 0.492. The van der Waals surface area contributed by atoms with E-state index in [1.807, 2.05) is 30.3 Å². The zero-order valence-corrected chi connectivity index (χ0v) is 15.4. The van der Waals surface area contributed by atoms with E-state index in [0.29, 0.717) is 17.2 Å². The number of para-hydroxylation sites is 1. The summed E-state index contributed by atoms with van der Waals surface area (Å²) in [5.74, 6) is 0.203. The largest absolute Gasteiger partial charge is 0.457 e. The van der Waals surface area contributed by atoms with Crippen LogP contribution >= 0.6 is 0 Å². The maximum absolute atomic E-state index is 12.9. The lowest BCUT2D eigenvalue weighted by Gasteiger charge is -2.09. The Bertz CT molecular complexity index is 1040. The normalized spacial score (nSPS) is 11.0. The summed E-state index contributed by atoms with van der Waals surface area (Å²) in [6.07, 6.45) is 0. The number of halogens is 1. The zero-order chi connectivity index (χ0) is 20.0. The molecule has 0 bridgehead atoms. The predicted octanol–water partition coefficient (Wildman–Crippen LogP) is 3.54. The second-order valence-corrected chi connectivity index (χ2v) is 7.53. The Labute approximate surface area is 162 Å². The third-order valence-corrected chi connectivity index (χ3v) is 5.08. The van der Waals surface area contributed by atoms with Crippen molar-refractivity contribution in [2.75, 3.05) is 11.9 Å². The fourth-order valence-corrected chi connectivity index (χ4v) is 3.28. The van der Waals surface area contributed by atoms with Crippen molar-refractivity contribution in [2.45, 2.75) is 4.90 Å². The SMILES string of the molecule is O=C(CNS(=O)(=O)c1ccc(F)cc1)Nc1ccc(Oc2ccccc2)cc1. The Morgan fingerprint density at radius 3 is 2.11 bits per heavy atom. The van der Waals surface area contributed by atoms with Gasteiger partial charge in [0.1, 0.15) is 17.3 Å². The minimum Gasteiger partial charge on any atom is -0.457 e. The van der Waals surface area contributed by atoms with Crippen LogP contribution in [0.5, 0.6) is 11.5 Å². The molecule has 2 N–H and O–H groups in total. The lowest BCUT2D eigenvalue weighted by Crippen LogP contribution is -2.32. The highest BCUT2D eigenvalue weighted by molar-refractivity contribution is 7.89. The summed E-state index contributed by atoms with van der Waals surface area (Å²) in [5, 5.41) is 2.58. The molecule has 3 aromatic rings. The van der Waals surface area contributed by atoms with E-state index in [1.54, 1.807) is 24.3 Å². The molecule has 0 aliphatic rings. The standard InChI is InChI=1S/C20H17FN2O4S/c21-15-6-12-19(13-7-15)28(25,26)22-14-20(24)23-16-8-10-18(11-9-16)27-17-4-2-1-3-5-17/h1-13,22H,14H2,(H,23,24). The quantitative estimate of drug-likeness (QED) is 0.635. The number of hydrogen-bond acceptors (Lipinski definition) is 4. The van der Waals surface area contributed by atoms with Gasteiger partial charge in [-0.1, -0.05) is 18.2 Å². The summed E-state index contributed by atoms with van der Waals surface area (Å²) >= 11 is 0. The van der Waals surface area contributed by atoms with E-state index in [2.05, 4.69) is 10.0 Å². The molecule has 0 aromatic heterocycles. The average molecular weight is 400 g/mol. The molecule has 0 aliphatic carbocycles. The van der Waals surface area contributed by atoms with Crippen molar-refractivity contribution in [3.63, 3.8) is 0 Å². The van der Waals surface area contributed by atoms with E-state index in [0.717, 1.165) is 24.3 Å². The van der Waals surface area contributed by atoms with Gasteiger partial charge in [-0.3, -0.25) is 4.79 Å². The number of amides is 1. The van der Waals surface area contributed by atoms with Crippen molar-refractivity contribution < 1.29 is 22.3 Å². The zero-order valence-electron chi connectivity index (χ0n) is 14.6. The van der Waals surface area contributed by atoms with Crippen LogP contribution in [0.3, 0.4) is 0 Å². The fourth-order valence-electron chi connectivity index (χ4n) is 2.29. The van der Waals surface area contributed by atoms with Gasteiger partial charge in [0.25, 0.3) is 0 Å². The molecule has 0 spiro atoms. The lowest BCUT2D eigenvalue weighted by atomic mass is 10.3. The minimum absolute atomic E-state index is 0.121. The first-order valence-electron chi connectivity index (χ1n) is 8.30. The predicted molar refractivity (Wildman–Crippen MR) is 103 cm³/mol. The molecule has 0 heterocycles. The summed E-state index contributed by atoms with van der Waals surface area (Å²) in [6.45, 7) is -0.456. The third-order valence-electron chi connectivity index (χ3n) is 3.66. The highest BCUT2D eigenvalue weighted by atomic mass is 32.2. The number of carbonyl (C=O) groups excluding carboxylic acids is 1. The topological polar surface area (TPSA) is 84.5 Å². The van der Waals surface area contributed by atoms with Crippen molar-refractivity contribution in [3.8, 4) is 11.5 Å². The molecular formula is C20H17FN2O4S. The maximum Gasteiger partial charge on any atom is 0.241 e. The first-order chi connectivity index (χ1) is 13.4. The number of benzene rings is 3. The molecule has 0 fully saturated rings. The molecule has 8 heteroatoms. The number of carbonyl (C=O) groups is 1. The smallest absolute Gasteiger partial charge is 0.241 e. The van der Waals surface area contributed by atoms with E-state index in [1.165, 1.54) is 0 Å². The van der Waals surface area contributed by atoms with E-state index < -0.39 is 28.3 Å². The van der Waals surface area contributed by atoms with E-state index in [-0.39, 0.29) is 4.90 Å². The van der Waals surface area contributed by atoms with Gasteiger partial charge in [-0.2, -0.15) is 0 Å². The van der Waals surface area contributed by atoms with Crippen molar-refractivity contribution in [1.29, 1.82) is 0 Å². The molecule has 0 saturated carbocycles. The Kier molecular flexibility index (Phi) is 6.03. The first-order valence-corrected chi connectivity index (χ1v) is 9.79. The number of ether oxygens (including phenoxy) is 1. The number of anilines is 1. The second-order valence-electron chi connectivity index (χ2n) is 5.77. The number of hydrogen-bond donors (Lipinski definition) is 2. The third kappa shape index (κ3) is 5.38. The van der Waals surface area contributed by atoms with E-state index in [4.69, 9.17) is 4.74 Å². The molecule has 0 saturated heterocycles. The summed E-state index contributed by atoms with van der Waals surface area (Å²) < 4.78 is 44.9. The molecule has 0 atom stereocenters. The van der Waals surface area contributed by atoms with Crippen LogP contribution in [-0.2, 0) is 14.8 Å². The molecule has 144 valence electrons. The Morgan fingerprint density at radius 1 is 0.857 bits per heavy atom. The highest BCUT2D eigenvalue weighted by Gasteiger charge is 2.15. The fraction of sp³-hybridized carbons (Fsp3) is 0.0500. The maximum atomic E-state index is 12.9. The monoisotopic (exact) mass is 400 g/mol. The van der Waals surface area contributed by atoms with Crippen LogP contribution in [-0.4, -0.2) is 20.9 Å². The van der Waals surface area contributed by atoms with Crippen molar-refractivity contribution in [2.24, 2.45) is 0 Å². The van der Waals surface area contributed by atoms with Crippen LogP contribution in [0.2, 0.25) is 0 Å². The van der Waals surface area contributed by atoms with Gasteiger partial charge in [-0.25, -0.2) is 17.5 Å². The second kappa shape index (κ2) is 8.64. The van der Waals surface area contributed by atoms with Gasteiger partial charge in [-0.15, -0.1) is 0 Å². The van der Waals surface area contributed by atoms with Gasteiger partial charge >= 0.3 is 0 Å². The molecule has 1 amide bonds. The molecule has 3 aromatic carbocycles. The summed E-state index contributed by atoms with van der Waals surface area (Å²) in [4.78, 5) is 11.9. The van der Waals surface area contributed by atoms with E-state index >= 15 is 0 Å². The Balaban J connectivity index is 1.54. The summed E-state index contributed by atoms with van der Waals surface area (Å²) in [6, 6.07) is 20.2. The Morgan fingerprint density at radius 2 is 1.46 bits per heavy atom. The summed E-state index contributed by atoms with van der Waals surface area (Å²) in [7, 11) is -3.90. The molecule has 0 aliphatic heterocycles. The van der Waals surface area contributed by atoms with Gasteiger partial charge in [0, 0.05) is 5.69 Å².